The molecule has 0 bridgehead atoms. The van der Waals surface area contributed by atoms with Crippen LogP contribution in [0.5, 0.6) is 11.5 Å². The first-order valence-corrected chi connectivity index (χ1v) is 21.3. The molecule has 288 valence electrons. The Hall–Kier alpha value is -5.03. The first-order chi connectivity index (χ1) is 27.4. The second-order valence-corrected chi connectivity index (χ2v) is 16.6. The maximum absolute atomic E-state index is 11.7. The van der Waals surface area contributed by atoms with Gasteiger partial charge in [0.2, 0.25) is 0 Å². The molecule has 2 heterocycles. The fraction of sp³-hybridized carbons (Fsp3) is 0.392. The molecule has 1 saturated heterocycles. The maximum Gasteiger partial charge on any atom is 0.305 e. The van der Waals surface area contributed by atoms with Gasteiger partial charge in [-0.1, -0.05) is 112 Å². The Labute approximate surface area is 332 Å². The maximum atomic E-state index is 11.7. The number of fused-ring (bicyclic) bond motifs is 10. The molecule has 0 radical (unpaired) electrons. The van der Waals surface area contributed by atoms with Gasteiger partial charge < -0.3 is 19.1 Å². The molecule has 5 heteroatoms. The Morgan fingerprint density at radius 1 is 0.732 bits per heavy atom. The Morgan fingerprint density at radius 2 is 1.39 bits per heavy atom. The quantitative estimate of drug-likeness (QED) is 0.105. The third kappa shape index (κ3) is 6.01. The molecule has 1 atom stereocenters. The van der Waals surface area contributed by atoms with Gasteiger partial charge in [0, 0.05) is 52.7 Å². The smallest absolute Gasteiger partial charge is 0.305 e. The summed E-state index contributed by atoms with van der Waals surface area (Å²) in [6.45, 7) is 9.32. The number of carbonyl (C=O) groups is 1. The molecule has 5 aromatic rings. The zero-order valence-corrected chi connectivity index (χ0v) is 33.4. The average molecular weight is 746 g/mol. The molecule has 9 rings (SSSR count). The van der Waals surface area contributed by atoms with Gasteiger partial charge in [-0.05, 0) is 108 Å². The summed E-state index contributed by atoms with van der Waals surface area (Å²) >= 11 is 0. The lowest BCUT2D eigenvalue weighted by Gasteiger charge is -2.47. The molecule has 1 spiro atoms. The zero-order chi connectivity index (χ0) is 38.3. The summed E-state index contributed by atoms with van der Waals surface area (Å²) < 4.78 is 19.0. The summed E-state index contributed by atoms with van der Waals surface area (Å²) in [5.74, 6) is 1.48. The summed E-state index contributed by atoms with van der Waals surface area (Å²) in [4.78, 5) is 14.2. The van der Waals surface area contributed by atoms with Crippen molar-refractivity contribution in [3.8, 4) is 22.6 Å². The standard InChI is InChI=1S/C51H55NO4/c1-4-45(53)55-35-34-54-39-24-20-37(21-25-39)51(36-18-22-38(23-19-36)52-32-12-7-13-33-52)27-26-43-47-46(40-14-8-9-15-41(40)48(43)56-51)42-16-10-11-17-44(42)50(47)30-28-49(5-2,6-3)29-31-50/h8-11,14-27H,4-7,12-13,28-35H2,1-3H3. The monoisotopic (exact) mass is 745 g/mol. The van der Waals surface area contributed by atoms with Crippen LogP contribution in [-0.2, 0) is 20.5 Å². The Bertz CT molecular complexity index is 2250. The molecule has 1 saturated carbocycles. The van der Waals surface area contributed by atoms with Crippen LogP contribution < -0.4 is 14.4 Å². The SMILES string of the molecule is CCC(=O)OCCOc1ccc(C2(c3ccc(N4CCCCC4)cc3)C=Cc3c4c(c5ccccc5c3O2)-c2ccccc2C42CCC(CC)(CC)CC2)cc1. The van der Waals surface area contributed by atoms with Gasteiger partial charge in [0.1, 0.15) is 24.7 Å². The van der Waals surface area contributed by atoms with Crippen molar-refractivity contribution in [1.82, 2.24) is 0 Å². The molecular formula is C51H55NO4. The lowest BCUT2D eigenvalue weighted by molar-refractivity contribution is -0.143. The third-order valence-electron chi connectivity index (χ3n) is 14.0. The van der Waals surface area contributed by atoms with Crippen molar-refractivity contribution in [2.75, 3.05) is 31.2 Å². The normalized spacial score (nSPS) is 20.2. The lowest BCUT2D eigenvalue weighted by atomic mass is 9.58. The van der Waals surface area contributed by atoms with Gasteiger partial charge in [-0.25, -0.2) is 0 Å². The van der Waals surface area contributed by atoms with Crippen LogP contribution in [0, 0.1) is 5.41 Å². The number of hydrogen-bond acceptors (Lipinski definition) is 5. The molecular weight excluding hydrogens is 691 g/mol. The second kappa shape index (κ2) is 14.8. The molecule has 1 unspecified atom stereocenters. The van der Waals surface area contributed by atoms with Gasteiger partial charge in [0.25, 0.3) is 0 Å². The molecule has 2 aliphatic carbocycles. The van der Waals surface area contributed by atoms with E-state index in [2.05, 4.69) is 116 Å². The van der Waals surface area contributed by atoms with E-state index >= 15 is 0 Å². The van der Waals surface area contributed by atoms with Crippen LogP contribution in [0.2, 0.25) is 0 Å². The number of benzene rings is 5. The number of ether oxygens (including phenoxy) is 3. The molecule has 0 N–H and O–H groups in total. The van der Waals surface area contributed by atoms with Gasteiger partial charge in [-0.2, -0.15) is 0 Å². The molecule has 4 aliphatic rings. The van der Waals surface area contributed by atoms with E-state index in [-0.39, 0.29) is 18.0 Å². The van der Waals surface area contributed by atoms with Gasteiger partial charge in [-0.15, -0.1) is 0 Å². The van der Waals surface area contributed by atoms with E-state index in [1.807, 2.05) is 12.1 Å². The van der Waals surface area contributed by atoms with Crippen molar-refractivity contribution >= 4 is 28.5 Å². The fourth-order valence-corrected chi connectivity index (χ4v) is 10.6. The van der Waals surface area contributed by atoms with Crippen molar-refractivity contribution in [1.29, 1.82) is 0 Å². The molecule has 2 aliphatic heterocycles. The molecule has 0 aromatic heterocycles. The van der Waals surface area contributed by atoms with E-state index in [0.29, 0.717) is 18.4 Å². The van der Waals surface area contributed by atoms with Crippen molar-refractivity contribution in [3.05, 3.63) is 131 Å². The van der Waals surface area contributed by atoms with Gasteiger partial charge in [0.15, 0.2) is 5.60 Å². The number of nitrogens with zero attached hydrogens (tertiary/aromatic N) is 1. The highest BCUT2D eigenvalue weighted by Crippen LogP contribution is 2.64. The Balaban J connectivity index is 1.18. The second-order valence-electron chi connectivity index (χ2n) is 16.6. The van der Waals surface area contributed by atoms with Crippen LogP contribution >= 0.6 is 0 Å². The topological polar surface area (TPSA) is 48.0 Å². The van der Waals surface area contributed by atoms with Crippen LogP contribution in [0.1, 0.15) is 113 Å². The summed E-state index contributed by atoms with van der Waals surface area (Å²) in [5, 5.41) is 2.42. The third-order valence-corrected chi connectivity index (χ3v) is 14.0. The van der Waals surface area contributed by atoms with Gasteiger partial charge in [-0.3, -0.25) is 4.79 Å². The predicted octanol–water partition coefficient (Wildman–Crippen LogP) is 12.2. The largest absolute Gasteiger partial charge is 0.490 e. The molecule has 5 aromatic carbocycles. The summed E-state index contributed by atoms with van der Waals surface area (Å²) in [7, 11) is 0. The highest BCUT2D eigenvalue weighted by Gasteiger charge is 2.51. The van der Waals surface area contributed by atoms with Crippen molar-refractivity contribution in [3.63, 3.8) is 0 Å². The van der Waals surface area contributed by atoms with E-state index in [1.165, 1.54) is 83.8 Å². The number of anilines is 1. The molecule has 2 fully saturated rings. The summed E-state index contributed by atoms with van der Waals surface area (Å²) in [6, 6.07) is 35.6. The Morgan fingerprint density at radius 3 is 2.09 bits per heavy atom. The number of carbonyl (C=O) groups excluding carboxylic acids is 1. The van der Waals surface area contributed by atoms with E-state index in [0.717, 1.165) is 53.9 Å². The van der Waals surface area contributed by atoms with Crippen molar-refractivity contribution in [2.24, 2.45) is 5.41 Å². The number of esters is 1. The van der Waals surface area contributed by atoms with E-state index < -0.39 is 5.60 Å². The van der Waals surface area contributed by atoms with Crippen molar-refractivity contribution in [2.45, 2.75) is 96.0 Å². The number of hydrogen-bond donors (Lipinski definition) is 0. The average Bonchev–Trinajstić information content (AvgIpc) is 3.55. The Kier molecular flexibility index (Phi) is 9.68. The highest BCUT2D eigenvalue weighted by molar-refractivity contribution is 6.08. The van der Waals surface area contributed by atoms with Crippen LogP contribution in [0.15, 0.2) is 103 Å². The lowest BCUT2D eigenvalue weighted by Crippen LogP contribution is -2.38. The number of piperidine rings is 1. The summed E-state index contributed by atoms with van der Waals surface area (Å²) in [6.07, 6.45) is 16.1. The first kappa shape index (κ1) is 36.6. The minimum Gasteiger partial charge on any atom is -0.490 e. The van der Waals surface area contributed by atoms with Crippen LogP contribution in [-0.4, -0.2) is 32.3 Å². The van der Waals surface area contributed by atoms with Gasteiger partial charge >= 0.3 is 5.97 Å². The van der Waals surface area contributed by atoms with Crippen molar-refractivity contribution < 1.29 is 19.0 Å². The predicted molar refractivity (Wildman–Crippen MR) is 228 cm³/mol. The molecule has 5 nitrogen and oxygen atoms in total. The zero-order valence-electron chi connectivity index (χ0n) is 33.4. The van der Waals surface area contributed by atoms with Crippen LogP contribution in [0.25, 0.3) is 28.0 Å². The summed E-state index contributed by atoms with van der Waals surface area (Å²) in [5.41, 5.74) is 9.86. The number of rotatable bonds is 10. The first-order valence-electron chi connectivity index (χ1n) is 21.3. The molecule has 0 amide bonds. The fourth-order valence-electron chi connectivity index (χ4n) is 10.6. The van der Waals surface area contributed by atoms with E-state index in [4.69, 9.17) is 14.2 Å². The molecule has 56 heavy (non-hydrogen) atoms. The van der Waals surface area contributed by atoms with Crippen LogP contribution in [0.3, 0.4) is 0 Å². The highest BCUT2D eigenvalue weighted by atomic mass is 16.6. The van der Waals surface area contributed by atoms with Crippen LogP contribution in [0.4, 0.5) is 5.69 Å². The minimum absolute atomic E-state index is 0.0535. The minimum atomic E-state index is -0.871. The van der Waals surface area contributed by atoms with Gasteiger partial charge in [0.05, 0.1) is 0 Å². The van der Waals surface area contributed by atoms with E-state index in [1.54, 1.807) is 6.92 Å². The van der Waals surface area contributed by atoms with E-state index in [9.17, 15) is 4.79 Å².